The molecule has 0 fully saturated rings. The fourth-order valence-corrected chi connectivity index (χ4v) is 2.56. The molecule has 1 rings (SSSR count). The zero-order valence-electron chi connectivity index (χ0n) is 12.6. The Hall–Kier alpha value is -1.20. The third-order valence-corrected chi connectivity index (χ3v) is 3.48. The quantitative estimate of drug-likeness (QED) is 0.759. The molecule has 0 aliphatic heterocycles. The predicted molar refractivity (Wildman–Crippen MR) is 87.8 cm³/mol. The highest BCUT2D eigenvalue weighted by Gasteiger charge is 2.14. The number of nitrogens with one attached hydrogen (secondary N) is 1. The van der Waals surface area contributed by atoms with Gasteiger partial charge in [-0.2, -0.15) is 0 Å². The fraction of sp³-hybridized carbons (Fsp3) is 0.533. The Balaban J connectivity index is 2.71. The van der Waals surface area contributed by atoms with Gasteiger partial charge in [0.1, 0.15) is 10.8 Å². The van der Waals surface area contributed by atoms with Gasteiger partial charge in [-0.05, 0) is 39.8 Å². The number of nitrogens with zero attached hydrogens (tertiary/aromatic N) is 1. The van der Waals surface area contributed by atoms with Gasteiger partial charge in [-0.1, -0.05) is 18.3 Å². The topological polar surface area (TPSA) is 41.3 Å². The minimum Gasteiger partial charge on any atom is -0.389 e. The molecule has 0 aliphatic carbocycles. The van der Waals surface area contributed by atoms with Crippen molar-refractivity contribution < 1.29 is 4.39 Å². The van der Waals surface area contributed by atoms with Crippen LogP contribution in [0.25, 0.3) is 0 Å². The molecular weight excluding hydrogens is 273 g/mol. The monoisotopic (exact) mass is 297 g/mol. The van der Waals surface area contributed by atoms with Crippen molar-refractivity contribution >= 4 is 22.9 Å². The first kappa shape index (κ1) is 16.9. The molecule has 0 unspecified atom stereocenters. The second-order valence-electron chi connectivity index (χ2n) is 5.38. The molecule has 0 aromatic heterocycles. The molecule has 0 aliphatic rings. The molecule has 5 heteroatoms. The first-order valence-electron chi connectivity index (χ1n) is 6.92. The Labute approximate surface area is 126 Å². The van der Waals surface area contributed by atoms with Gasteiger partial charge in [0, 0.05) is 30.9 Å². The lowest BCUT2D eigenvalue weighted by molar-refractivity contribution is 0.182. The third-order valence-electron chi connectivity index (χ3n) is 3.27. The molecule has 0 radical (unpaired) electrons. The first-order chi connectivity index (χ1) is 9.34. The molecule has 1 aromatic rings. The highest BCUT2D eigenvalue weighted by molar-refractivity contribution is 7.80. The van der Waals surface area contributed by atoms with Gasteiger partial charge < -0.3 is 11.1 Å². The van der Waals surface area contributed by atoms with Crippen LogP contribution in [0.2, 0.25) is 0 Å². The van der Waals surface area contributed by atoms with E-state index in [4.69, 9.17) is 18.0 Å². The minimum atomic E-state index is -0.382. The average molecular weight is 297 g/mol. The van der Waals surface area contributed by atoms with Gasteiger partial charge in [-0.3, -0.25) is 4.90 Å². The molecule has 112 valence electrons. The summed E-state index contributed by atoms with van der Waals surface area (Å²) in [5.41, 5.74) is 6.54. The lowest BCUT2D eigenvalue weighted by Crippen LogP contribution is -2.40. The maximum atomic E-state index is 13.7. The lowest BCUT2D eigenvalue weighted by atomic mass is 10.1. The van der Waals surface area contributed by atoms with Crippen LogP contribution in [-0.2, 0) is 0 Å². The molecule has 0 amide bonds. The van der Waals surface area contributed by atoms with E-state index >= 15 is 0 Å². The summed E-state index contributed by atoms with van der Waals surface area (Å²) in [5, 5.41) is 3.23. The van der Waals surface area contributed by atoms with Crippen LogP contribution >= 0.6 is 12.2 Å². The maximum absolute atomic E-state index is 13.7. The largest absolute Gasteiger partial charge is 0.389 e. The van der Waals surface area contributed by atoms with Gasteiger partial charge in [0.05, 0.1) is 5.56 Å². The maximum Gasteiger partial charge on any atom is 0.135 e. The van der Waals surface area contributed by atoms with E-state index in [1.54, 1.807) is 12.1 Å². The number of nitrogens with two attached hydrogens (primary N) is 1. The Morgan fingerprint density at radius 3 is 2.40 bits per heavy atom. The van der Waals surface area contributed by atoms with E-state index in [0.29, 0.717) is 23.3 Å². The second kappa shape index (κ2) is 7.55. The summed E-state index contributed by atoms with van der Waals surface area (Å²) in [6, 6.07) is 5.77. The van der Waals surface area contributed by atoms with E-state index in [1.165, 1.54) is 6.07 Å². The van der Waals surface area contributed by atoms with E-state index in [2.05, 4.69) is 37.9 Å². The zero-order valence-corrected chi connectivity index (χ0v) is 13.4. The van der Waals surface area contributed by atoms with E-state index < -0.39 is 0 Å². The van der Waals surface area contributed by atoms with Crippen molar-refractivity contribution in [1.29, 1.82) is 0 Å². The summed E-state index contributed by atoms with van der Waals surface area (Å²) in [4.78, 5) is 2.45. The zero-order chi connectivity index (χ0) is 15.3. The number of halogens is 1. The van der Waals surface area contributed by atoms with Crippen LogP contribution in [0.3, 0.4) is 0 Å². The number of hydrogen-bond donors (Lipinski definition) is 2. The van der Waals surface area contributed by atoms with Gasteiger partial charge in [0.25, 0.3) is 0 Å². The SMILES string of the molecule is CC(C)N(CCNc1cccc(F)c1C(N)=S)C(C)C. The number of anilines is 1. The molecule has 20 heavy (non-hydrogen) atoms. The van der Waals surface area contributed by atoms with Crippen LogP contribution in [0.1, 0.15) is 33.3 Å². The van der Waals surface area contributed by atoms with Gasteiger partial charge in [-0.25, -0.2) is 4.39 Å². The predicted octanol–water partition coefficient (Wildman–Crippen LogP) is 2.99. The molecule has 3 N–H and O–H groups in total. The number of benzene rings is 1. The van der Waals surface area contributed by atoms with Gasteiger partial charge in [0.2, 0.25) is 0 Å². The van der Waals surface area contributed by atoms with Crippen LogP contribution < -0.4 is 11.1 Å². The second-order valence-corrected chi connectivity index (χ2v) is 5.82. The van der Waals surface area contributed by atoms with Crippen molar-refractivity contribution in [2.45, 2.75) is 39.8 Å². The highest BCUT2D eigenvalue weighted by Crippen LogP contribution is 2.18. The smallest absolute Gasteiger partial charge is 0.135 e. The van der Waals surface area contributed by atoms with E-state index in [9.17, 15) is 4.39 Å². The lowest BCUT2D eigenvalue weighted by Gasteiger charge is -2.30. The standard InChI is InChI=1S/C15H24FN3S/c1-10(2)19(11(3)4)9-8-18-13-7-5-6-12(16)14(13)15(17)20/h5-7,10-11,18H,8-9H2,1-4H3,(H2,17,20). The molecule has 3 nitrogen and oxygen atoms in total. The van der Waals surface area contributed by atoms with E-state index in [0.717, 1.165) is 13.1 Å². The number of rotatable bonds is 7. The van der Waals surface area contributed by atoms with Crippen molar-refractivity contribution in [1.82, 2.24) is 4.90 Å². The number of hydrogen-bond acceptors (Lipinski definition) is 3. The summed E-state index contributed by atoms with van der Waals surface area (Å²) in [5.74, 6) is -0.382. The van der Waals surface area contributed by atoms with Crippen LogP contribution in [-0.4, -0.2) is 35.1 Å². The van der Waals surface area contributed by atoms with Gasteiger partial charge in [-0.15, -0.1) is 0 Å². The van der Waals surface area contributed by atoms with Crippen LogP contribution in [0.15, 0.2) is 18.2 Å². The third kappa shape index (κ3) is 4.42. The molecule has 0 saturated heterocycles. The summed E-state index contributed by atoms with van der Waals surface area (Å²) in [6.07, 6.45) is 0. The van der Waals surface area contributed by atoms with Crippen molar-refractivity contribution in [3.05, 3.63) is 29.6 Å². The molecule has 0 atom stereocenters. The first-order valence-corrected chi connectivity index (χ1v) is 7.33. The highest BCUT2D eigenvalue weighted by atomic mass is 32.1. The molecule has 1 aromatic carbocycles. The van der Waals surface area contributed by atoms with Crippen molar-refractivity contribution in [2.24, 2.45) is 5.73 Å². The van der Waals surface area contributed by atoms with Crippen molar-refractivity contribution in [3.8, 4) is 0 Å². The van der Waals surface area contributed by atoms with Crippen LogP contribution in [0.4, 0.5) is 10.1 Å². The summed E-state index contributed by atoms with van der Waals surface area (Å²) >= 11 is 4.91. The van der Waals surface area contributed by atoms with E-state index in [1.807, 2.05) is 0 Å². The Bertz CT molecular complexity index is 452. The Kier molecular flexibility index (Phi) is 6.36. The molecule has 0 bridgehead atoms. The molecule has 0 heterocycles. The fourth-order valence-electron chi connectivity index (χ4n) is 2.35. The summed E-state index contributed by atoms with van der Waals surface area (Å²) in [7, 11) is 0. The summed E-state index contributed by atoms with van der Waals surface area (Å²) in [6.45, 7) is 10.3. The summed E-state index contributed by atoms with van der Waals surface area (Å²) < 4.78 is 13.7. The van der Waals surface area contributed by atoms with Crippen LogP contribution in [0, 0.1) is 5.82 Å². The normalized spacial score (nSPS) is 11.4. The Morgan fingerprint density at radius 2 is 1.90 bits per heavy atom. The average Bonchev–Trinajstić information content (AvgIpc) is 2.33. The van der Waals surface area contributed by atoms with Crippen LogP contribution in [0.5, 0.6) is 0 Å². The molecular formula is C15H24FN3S. The molecule has 0 spiro atoms. The molecule has 0 saturated carbocycles. The van der Waals surface area contributed by atoms with Gasteiger partial charge >= 0.3 is 0 Å². The van der Waals surface area contributed by atoms with E-state index in [-0.39, 0.29) is 10.8 Å². The van der Waals surface area contributed by atoms with Crippen molar-refractivity contribution in [3.63, 3.8) is 0 Å². The minimum absolute atomic E-state index is 0.0789. The van der Waals surface area contributed by atoms with Gasteiger partial charge in [0.15, 0.2) is 0 Å². The number of thiocarbonyl (C=S) groups is 1. The Morgan fingerprint density at radius 1 is 1.30 bits per heavy atom. The van der Waals surface area contributed by atoms with Crippen molar-refractivity contribution in [2.75, 3.05) is 18.4 Å².